The van der Waals surface area contributed by atoms with Crippen molar-refractivity contribution in [3.05, 3.63) is 53.3 Å². The van der Waals surface area contributed by atoms with Crippen molar-refractivity contribution in [1.82, 2.24) is 19.6 Å². The van der Waals surface area contributed by atoms with Crippen LogP contribution in [0.15, 0.2) is 41.6 Å². The number of aromatic nitrogens is 4. The first-order valence-corrected chi connectivity index (χ1v) is 10.3. The molecule has 0 amide bonds. The maximum Gasteiger partial charge on any atom is 0.315 e. The van der Waals surface area contributed by atoms with E-state index < -0.39 is 0 Å². The Labute approximate surface area is 172 Å². The molecule has 4 rings (SSSR count). The smallest absolute Gasteiger partial charge is 0.315 e. The minimum atomic E-state index is -0.357. The number of nitrogens with zero attached hydrogens (tertiary/aromatic N) is 4. The fraction of sp³-hybridized carbons (Fsp3) is 0.238. The monoisotopic (exact) mass is 408 g/mol. The van der Waals surface area contributed by atoms with Crippen LogP contribution in [0.3, 0.4) is 0 Å². The third kappa shape index (κ3) is 3.75. The summed E-state index contributed by atoms with van der Waals surface area (Å²) in [5.74, 6) is 1.42. The quantitative estimate of drug-likeness (QED) is 0.282. The molecule has 7 nitrogen and oxygen atoms in total. The molecule has 4 aromatic rings. The van der Waals surface area contributed by atoms with Gasteiger partial charge in [0.05, 0.1) is 13.5 Å². The van der Waals surface area contributed by atoms with Gasteiger partial charge in [0, 0.05) is 17.0 Å². The molecule has 2 aromatic heterocycles. The van der Waals surface area contributed by atoms with Crippen molar-refractivity contribution in [2.45, 2.75) is 25.4 Å². The molecule has 2 aromatic carbocycles. The van der Waals surface area contributed by atoms with Gasteiger partial charge in [0.2, 0.25) is 5.16 Å². The average Bonchev–Trinajstić information content (AvgIpc) is 3.13. The summed E-state index contributed by atoms with van der Waals surface area (Å²) in [6, 6.07) is 11.3. The number of ether oxygens (including phenoxy) is 2. The van der Waals surface area contributed by atoms with Gasteiger partial charge in [0.25, 0.3) is 5.78 Å². The van der Waals surface area contributed by atoms with Gasteiger partial charge >= 0.3 is 5.97 Å². The van der Waals surface area contributed by atoms with Crippen molar-refractivity contribution in [2.75, 3.05) is 13.4 Å². The zero-order chi connectivity index (χ0) is 20.5. The number of aryl methyl sites for hydroxylation is 2. The van der Waals surface area contributed by atoms with Crippen LogP contribution >= 0.6 is 11.8 Å². The lowest BCUT2D eigenvalue weighted by Crippen LogP contribution is -2.15. The number of hydrogen-bond acceptors (Lipinski definition) is 7. The standard InChI is InChI=1S/C21H20N4O3S/c1-12-18(13(2)25-20(22-12)23-21(24-25)29-4)11-19(26)28-17-8-6-14-5-7-16(27-3)9-15(14)10-17/h5-10H,11H2,1-4H3. The Bertz CT molecular complexity index is 1240. The largest absolute Gasteiger partial charge is 0.497 e. The SMILES string of the molecule is COc1ccc2ccc(OC(=O)Cc3c(C)nc4nc(SC)nn4c3C)cc2c1. The molecule has 0 spiro atoms. The molecule has 0 aliphatic carbocycles. The lowest BCUT2D eigenvalue weighted by Gasteiger charge is -2.11. The first-order valence-electron chi connectivity index (χ1n) is 9.04. The summed E-state index contributed by atoms with van der Waals surface area (Å²) in [4.78, 5) is 21.5. The highest BCUT2D eigenvalue weighted by molar-refractivity contribution is 7.98. The van der Waals surface area contributed by atoms with Crippen LogP contribution in [0.5, 0.6) is 11.5 Å². The highest BCUT2D eigenvalue weighted by Crippen LogP contribution is 2.25. The van der Waals surface area contributed by atoms with Crippen LogP contribution in [0.4, 0.5) is 0 Å². The van der Waals surface area contributed by atoms with Gasteiger partial charge in [0.15, 0.2) is 0 Å². The van der Waals surface area contributed by atoms with Gasteiger partial charge in [0.1, 0.15) is 11.5 Å². The number of carbonyl (C=O) groups is 1. The fourth-order valence-corrected chi connectivity index (χ4v) is 3.57. The van der Waals surface area contributed by atoms with Crippen LogP contribution in [0.1, 0.15) is 17.0 Å². The van der Waals surface area contributed by atoms with Crippen molar-refractivity contribution in [2.24, 2.45) is 0 Å². The topological polar surface area (TPSA) is 78.6 Å². The van der Waals surface area contributed by atoms with Gasteiger partial charge in [-0.3, -0.25) is 4.79 Å². The Hall–Kier alpha value is -3.13. The van der Waals surface area contributed by atoms with Gasteiger partial charge in [-0.1, -0.05) is 23.9 Å². The maximum absolute atomic E-state index is 12.6. The van der Waals surface area contributed by atoms with E-state index in [4.69, 9.17) is 9.47 Å². The highest BCUT2D eigenvalue weighted by Gasteiger charge is 2.17. The van der Waals surface area contributed by atoms with E-state index >= 15 is 0 Å². The van der Waals surface area contributed by atoms with E-state index in [1.54, 1.807) is 17.7 Å². The summed E-state index contributed by atoms with van der Waals surface area (Å²) in [7, 11) is 1.62. The van der Waals surface area contributed by atoms with Crippen LogP contribution < -0.4 is 9.47 Å². The number of carbonyl (C=O) groups excluding carboxylic acids is 1. The number of hydrogen-bond donors (Lipinski definition) is 0. The van der Waals surface area contributed by atoms with E-state index in [1.165, 1.54) is 11.8 Å². The molecule has 0 atom stereocenters. The Morgan fingerprint density at radius 2 is 1.79 bits per heavy atom. The molecule has 2 heterocycles. The lowest BCUT2D eigenvalue weighted by molar-refractivity contribution is -0.133. The Morgan fingerprint density at radius 3 is 2.52 bits per heavy atom. The van der Waals surface area contributed by atoms with Gasteiger partial charge < -0.3 is 9.47 Å². The molecule has 0 radical (unpaired) electrons. The third-order valence-electron chi connectivity index (χ3n) is 4.78. The summed E-state index contributed by atoms with van der Waals surface area (Å²) >= 11 is 1.45. The third-order valence-corrected chi connectivity index (χ3v) is 5.32. The first kappa shape index (κ1) is 19.2. The molecular weight excluding hydrogens is 388 g/mol. The minimum absolute atomic E-state index is 0.102. The summed E-state index contributed by atoms with van der Waals surface area (Å²) in [6.45, 7) is 3.77. The molecule has 0 N–H and O–H groups in total. The second-order valence-electron chi connectivity index (χ2n) is 6.60. The Morgan fingerprint density at radius 1 is 1.07 bits per heavy atom. The predicted molar refractivity (Wildman–Crippen MR) is 112 cm³/mol. The number of fused-ring (bicyclic) bond motifs is 2. The molecular formula is C21H20N4O3S. The molecule has 0 bridgehead atoms. The van der Waals surface area contributed by atoms with Crippen LogP contribution in [0.2, 0.25) is 0 Å². The van der Waals surface area contributed by atoms with Crippen molar-refractivity contribution in [1.29, 1.82) is 0 Å². The molecule has 0 saturated heterocycles. The average molecular weight is 408 g/mol. The molecule has 0 saturated carbocycles. The van der Waals surface area contributed by atoms with E-state index in [9.17, 15) is 4.79 Å². The zero-order valence-electron chi connectivity index (χ0n) is 16.6. The van der Waals surface area contributed by atoms with E-state index in [-0.39, 0.29) is 12.4 Å². The van der Waals surface area contributed by atoms with Gasteiger partial charge in [-0.05, 0) is 55.1 Å². The fourth-order valence-electron chi connectivity index (χ4n) is 3.24. The van der Waals surface area contributed by atoms with E-state index in [0.29, 0.717) is 16.7 Å². The number of benzene rings is 2. The molecule has 0 unspecified atom stereocenters. The minimum Gasteiger partial charge on any atom is -0.497 e. The second-order valence-corrected chi connectivity index (χ2v) is 7.37. The highest BCUT2D eigenvalue weighted by atomic mass is 32.2. The molecule has 0 aliphatic heterocycles. The number of thioether (sulfide) groups is 1. The van der Waals surface area contributed by atoms with Crippen LogP contribution in [-0.4, -0.2) is 38.9 Å². The number of methoxy groups -OCH3 is 1. The normalized spacial score (nSPS) is 11.2. The van der Waals surface area contributed by atoms with Crippen LogP contribution in [0, 0.1) is 13.8 Å². The van der Waals surface area contributed by atoms with Gasteiger partial charge in [-0.15, -0.1) is 5.10 Å². The van der Waals surface area contributed by atoms with Crippen LogP contribution in [0.25, 0.3) is 16.6 Å². The first-order chi connectivity index (χ1) is 14.0. The van der Waals surface area contributed by atoms with Gasteiger partial charge in [-0.25, -0.2) is 9.50 Å². The number of esters is 1. The maximum atomic E-state index is 12.6. The lowest BCUT2D eigenvalue weighted by atomic mass is 10.1. The van der Waals surface area contributed by atoms with Crippen molar-refractivity contribution in [3.63, 3.8) is 0 Å². The van der Waals surface area contributed by atoms with E-state index in [1.807, 2.05) is 50.4 Å². The molecule has 8 heteroatoms. The summed E-state index contributed by atoms with van der Waals surface area (Å²) in [6.07, 6.45) is 2.01. The summed E-state index contributed by atoms with van der Waals surface area (Å²) in [5.41, 5.74) is 2.37. The van der Waals surface area contributed by atoms with Crippen LogP contribution in [-0.2, 0) is 11.2 Å². The molecule has 29 heavy (non-hydrogen) atoms. The summed E-state index contributed by atoms with van der Waals surface area (Å²) < 4.78 is 12.5. The van der Waals surface area contributed by atoms with Crippen molar-refractivity contribution in [3.8, 4) is 11.5 Å². The van der Waals surface area contributed by atoms with Gasteiger partial charge in [-0.2, -0.15) is 4.98 Å². The van der Waals surface area contributed by atoms with E-state index in [2.05, 4.69) is 15.1 Å². The predicted octanol–water partition coefficient (Wildman–Crippen LogP) is 3.77. The molecule has 0 fully saturated rings. The summed E-state index contributed by atoms with van der Waals surface area (Å²) in [5, 5.41) is 7.05. The number of rotatable bonds is 5. The zero-order valence-corrected chi connectivity index (χ0v) is 17.4. The molecule has 148 valence electrons. The van der Waals surface area contributed by atoms with E-state index in [0.717, 1.165) is 33.5 Å². The van der Waals surface area contributed by atoms with Crippen molar-refractivity contribution >= 4 is 34.3 Å². The Kier molecular flexibility index (Phi) is 5.10. The molecule has 0 aliphatic rings. The van der Waals surface area contributed by atoms with Crippen molar-refractivity contribution < 1.29 is 14.3 Å². The second kappa shape index (κ2) is 7.71. The Balaban J connectivity index is 1.59.